The Kier molecular flexibility index (Phi) is 3.60. The number of hydrogen-bond acceptors (Lipinski definition) is 1. The molecule has 0 radical (unpaired) electrons. The highest BCUT2D eigenvalue weighted by atomic mass is 14.6. The molecule has 0 saturated heterocycles. The lowest BCUT2D eigenvalue weighted by molar-refractivity contribution is 0.714. The van der Waals surface area contributed by atoms with Crippen molar-refractivity contribution < 1.29 is 0 Å². The third-order valence-electron chi connectivity index (χ3n) is 3.29. The summed E-state index contributed by atoms with van der Waals surface area (Å²) >= 11 is 0. The first-order chi connectivity index (χ1) is 8.18. The summed E-state index contributed by atoms with van der Waals surface area (Å²) in [4.78, 5) is 0. The first-order valence-electron chi connectivity index (χ1n) is 6.04. The van der Waals surface area contributed by atoms with Crippen LogP contribution in [0.3, 0.4) is 0 Å². The minimum atomic E-state index is 0.0808. The molecule has 2 N–H and O–H groups in total. The predicted octanol–water partition coefficient (Wildman–Crippen LogP) is 3.55. The highest BCUT2D eigenvalue weighted by Gasteiger charge is 2.10. The Morgan fingerprint density at radius 3 is 2.12 bits per heavy atom. The van der Waals surface area contributed by atoms with Gasteiger partial charge in [-0.15, -0.1) is 0 Å². The molecular formula is C16H19N. The van der Waals surface area contributed by atoms with Gasteiger partial charge in [-0.2, -0.15) is 0 Å². The van der Waals surface area contributed by atoms with Crippen molar-refractivity contribution in [3.63, 3.8) is 0 Å². The van der Waals surface area contributed by atoms with E-state index in [9.17, 15) is 0 Å². The van der Waals surface area contributed by atoms with Gasteiger partial charge in [0.2, 0.25) is 0 Å². The van der Waals surface area contributed by atoms with Crippen LogP contribution in [-0.2, 0) is 6.42 Å². The first kappa shape index (κ1) is 11.9. The summed E-state index contributed by atoms with van der Waals surface area (Å²) in [7, 11) is 0. The molecule has 0 aromatic heterocycles. The van der Waals surface area contributed by atoms with Gasteiger partial charge < -0.3 is 5.73 Å². The number of rotatable bonds is 3. The molecule has 0 fully saturated rings. The number of benzene rings is 2. The van der Waals surface area contributed by atoms with Crippen molar-refractivity contribution in [1.82, 2.24) is 0 Å². The molecule has 0 aliphatic heterocycles. The Morgan fingerprint density at radius 2 is 1.47 bits per heavy atom. The van der Waals surface area contributed by atoms with Gasteiger partial charge in [-0.25, -0.2) is 0 Å². The van der Waals surface area contributed by atoms with E-state index in [1.54, 1.807) is 0 Å². The largest absolute Gasteiger partial charge is 0.324 e. The molecule has 2 aromatic rings. The maximum Gasteiger partial charge on any atom is 0.0338 e. The Morgan fingerprint density at radius 1 is 0.882 bits per heavy atom. The van der Waals surface area contributed by atoms with E-state index >= 15 is 0 Å². The summed E-state index contributed by atoms with van der Waals surface area (Å²) in [6.07, 6.45) is 0.900. The third kappa shape index (κ3) is 2.75. The van der Waals surface area contributed by atoms with E-state index in [1.165, 1.54) is 22.3 Å². The van der Waals surface area contributed by atoms with Crippen molar-refractivity contribution in [1.29, 1.82) is 0 Å². The Hall–Kier alpha value is -1.60. The molecule has 0 bridgehead atoms. The summed E-state index contributed by atoms with van der Waals surface area (Å²) in [6, 6.07) is 16.9. The molecular weight excluding hydrogens is 206 g/mol. The molecule has 0 unspecified atom stereocenters. The highest BCUT2D eigenvalue weighted by Crippen LogP contribution is 2.20. The van der Waals surface area contributed by atoms with Crippen molar-refractivity contribution in [3.05, 3.63) is 70.8 Å². The molecule has 1 atom stereocenters. The van der Waals surface area contributed by atoms with Crippen LogP contribution in [0.25, 0.3) is 0 Å². The summed E-state index contributed by atoms with van der Waals surface area (Å²) in [5.41, 5.74) is 11.5. The van der Waals surface area contributed by atoms with E-state index in [0.717, 1.165) is 6.42 Å². The van der Waals surface area contributed by atoms with Gasteiger partial charge in [0, 0.05) is 6.04 Å². The summed E-state index contributed by atoms with van der Waals surface area (Å²) in [6.45, 7) is 4.26. The van der Waals surface area contributed by atoms with Gasteiger partial charge in [-0.05, 0) is 42.5 Å². The van der Waals surface area contributed by atoms with E-state index in [-0.39, 0.29) is 6.04 Å². The van der Waals surface area contributed by atoms with Crippen molar-refractivity contribution in [3.8, 4) is 0 Å². The molecule has 0 saturated carbocycles. The lowest BCUT2D eigenvalue weighted by Crippen LogP contribution is -2.15. The van der Waals surface area contributed by atoms with Crippen LogP contribution in [-0.4, -0.2) is 0 Å². The van der Waals surface area contributed by atoms with Crippen molar-refractivity contribution in [2.24, 2.45) is 5.73 Å². The van der Waals surface area contributed by atoms with Crippen LogP contribution in [0.15, 0.2) is 48.5 Å². The molecule has 0 heterocycles. The average molecular weight is 225 g/mol. The van der Waals surface area contributed by atoms with Gasteiger partial charge in [-0.3, -0.25) is 0 Å². The van der Waals surface area contributed by atoms with Gasteiger partial charge in [0.1, 0.15) is 0 Å². The maximum absolute atomic E-state index is 6.30. The second-order valence-electron chi connectivity index (χ2n) is 4.59. The average Bonchev–Trinajstić information content (AvgIpc) is 2.32. The van der Waals surface area contributed by atoms with Crippen molar-refractivity contribution >= 4 is 0 Å². The molecule has 17 heavy (non-hydrogen) atoms. The first-order valence-corrected chi connectivity index (χ1v) is 6.04. The molecule has 1 nitrogen and oxygen atoms in total. The Balaban J connectivity index is 2.20. The lowest BCUT2D eigenvalue weighted by atomic mass is 9.94. The lowest BCUT2D eigenvalue weighted by Gasteiger charge is -2.16. The molecule has 0 amide bonds. The van der Waals surface area contributed by atoms with E-state index in [2.05, 4.69) is 62.4 Å². The Labute approximate surface area is 103 Å². The highest BCUT2D eigenvalue weighted by molar-refractivity contribution is 5.32. The number of nitrogens with two attached hydrogens (primary N) is 1. The smallest absolute Gasteiger partial charge is 0.0338 e. The summed E-state index contributed by atoms with van der Waals surface area (Å²) < 4.78 is 0. The predicted molar refractivity (Wildman–Crippen MR) is 73.0 cm³/mol. The van der Waals surface area contributed by atoms with Crippen LogP contribution in [0.1, 0.15) is 28.3 Å². The second kappa shape index (κ2) is 5.15. The summed E-state index contributed by atoms with van der Waals surface area (Å²) in [5.74, 6) is 0. The van der Waals surface area contributed by atoms with Gasteiger partial charge in [-0.1, -0.05) is 48.5 Å². The molecule has 2 aromatic carbocycles. The van der Waals surface area contributed by atoms with E-state index < -0.39 is 0 Å². The zero-order valence-electron chi connectivity index (χ0n) is 10.5. The van der Waals surface area contributed by atoms with Crippen LogP contribution in [0, 0.1) is 13.8 Å². The van der Waals surface area contributed by atoms with E-state index in [1.807, 2.05) is 0 Å². The quantitative estimate of drug-likeness (QED) is 0.849. The van der Waals surface area contributed by atoms with Crippen LogP contribution in [0.2, 0.25) is 0 Å². The number of hydrogen-bond donors (Lipinski definition) is 1. The topological polar surface area (TPSA) is 26.0 Å². The maximum atomic E-state index is 6.30. The van der Waals surface area contributed by atoms with Crippen molar-refractivity contribution in [2.75, 3.05) is 0 Å². The molecule has 0 aliphatic carbocycles. The third-order valence-corrected chi connectivity index (χ3v) is 3.29. The molecule has 0 aliphatic rings. The minimum Gasteiger partial charge on any atom is -0.324 e. The van der Waals surface area contributed by atoms with E-state index in [4.69, 9.17) is 5.73 Å². The van der Waals surface area contributed by atoms with Crippen molar-refractivity contribution in [2.45, 2.75) is 26.3 Å². The second-order valence-corrected chi connectivity index (χ2v) is 4.59. The fraction of sp³-hybridized carbons (Fsp3) is 0.250. The summed E-state index contributed by atoms with van der Waals surface area (Å²) in [5, 5.41) is 0. The van der Waals surface area contributed by atoms with Crippen LogP contribution in [0.4, 0.5) is 0 Å². The zero-order valence-corrected chi connectivity index (χ0v) is 10.5. The van der Waals surface area contributed by atoms with Gasteiger partial charge >= 0.3 is 0 Å². The fourth-order valence-electron chi connectivity index (χ4n) is 2.19. The van der Waals surface area contributed by atoms with Crippen LogP contribution >= 0.6 is 0 Å². The van der Waals surface area contributed by atoms with Crippen LogP contribution < -0.4 is 5.73 Å². The molecule has 2 rings (SSSR count). The fourth-order valence-corrected chi connectivity index (χ4v) is 2.19. The zero-order chi connectivity index (χ0) is 12.3. The van der Waals surface area contributed by atoms with Gasteiger partial charge in [0.05, 0.1) is 0 Å². The Bertz CT molecular complexity index is 502. The molecule has 0 spiro atoms. The standard InChI is InChI=1S/C16H19N/c1-12-7-3-5-9-14(12)11-16(17)15-10-6-4-8-13(15)2/h3-10,16H,11,17H2,1-2H3/t16-/m1/s1. The normalized spacial score (nSPS) is 12.4. The van der Waals surface area contributed by atoms with E-state index in [0.29, 0.717) is 0 Å². The number of aryl methyl sites for hydroxylation is 2. The molecule has 1 heteroatoms. The molecule has 88 valence electrons. The van der Waals surface area contributed by atoms with Gasteiger partial charge in [0.25, 0.3) is 0 Å². The SMILES string of the molecule is Cc1ccccc1C[C@@H](N)c1ccccc1C. The van der Waals surface area contributed by atoms with Gasteiger partial charge in [0.15, 0.2) is 0 Å². The minimum absolute atomic E-state index is 0.0808. The monoisotopic (exact) mass is 225 g/mol. The van der Waals surface area contributed by atoms with Crippen LogP contribution in [0.5, 0.6) is 0 Å².